The average Bonchev–Trinajstić information content (AvgIpc) is 2.39. The first-order valence-electron chi connectivity index (χ1n) is 5.85. The van der Waals surface area contributed by atoms with E-state index < -0.39 is 29.1 Å². The lowest BCUT2D eigenvalue weighted by Gasteiger charge is -2.40. The number of nitrogens with one attached hydrogen (secondary N) is 1. The van der Waals surface area contributed by atoms with Crippen molar-refractivity contribution >= 4 is 23.4 Å². The Kier molecular flexibility index (Phi) is 3.48. The van der Waals surface area contributed by atoms with Crippen molar-refractivity contribution in [1.29, 1.82) is 10.5 Å². The number of rotatable bonds is 1. The van der Waals surface area contributed by atoms with Gasteiger partial charge >= 0.3 is 0 Å². The molecule has 1 fully saturated rings. The summed E-state index contributed by atoms with van der Waals surface area (Å²) in [5.41, 5.74) is -0.709. The van der Waals surface area contributed by atoms with Crippen LogP contribution >= 0.6 is 11.6 Å². The first kappa shape index (κ1) is 14.0. The van der Waals surface area contributed by atoms with Gasteiger partial charge in [0.2, 0.25) is 11.8 Å². The van der Waals surface area contributed by atoms with E-state index in [1.54, 1.807) is 31.2 Å². The third kappa shape index (κ3) is 1.93. The minimum atomic E-state index is -1.23. The molecule has 0 aliphatic carbocycles. The highest BCUT2D eigenvalue weighted by atomic mass is 35.5. The van der Waals surface area contributed by atoms with Crippen molar-refractivity contribution in [3.63, 3.8) is 0 Å². The van der Waals surface area contributed by atoms with Crippen LogP contribution in [0.1, 0.15) is 12.5 Å². The van der Waals surface area contributed by atoms with Crippen LogP contribution in [0.4, 0.5) is 0 Å². The van der Waals surface area contributed by atoms with Crippen LogP contribution in [0.25, 0.3) is 0 Å². The topological polar surface area (TPSA) is 93.8 Å². The second kappa shape index (κ2) is 4.96. The van der Waals surface area contributed by atoms with Gasteiger partial charge in [-0.3, -0.25) is 14.9 Å². The van der Waals surface area contributed by atoms with Crippen LogP contribution < -0.4 is 5.32 Å². The maximum Gasteiger partial charge on any atom is 0.244 e. The lowest BCUT2D eigenvalue weighted by atomic mass is 9.62. The second-order valence-electron chi connectivity index (χ2n) is 4.77. The summed E-state index contributed by atoms with van der Waals surface area (Å²) in [5, 5.41) is 21.0. The number of amides is 2. The maximum absolute atomic E-state index is 11.9. The quantitative estimate of drug-likeness (QED) is 0.793. The summed E-state index contributed by atoms with van der Waals surface area (Å²) in [4.78, 5) is 23.7. The van der Waals surface area contributed by atoms with Crippen molar-refractivity contribution in [3.05, 3.63) is 34.9 Å². The summed E-state index contributed by atoms with van der Waals surface area (Å²) < 4.78 is 0. The van der Waals surface area contributed by atoms with E-state index in [0.29, 0.717) is 10.6 Å². The molecule has 0 bridgehead atoms. The molecule has 2 amide bonds. The summed E-state index contributed by atoms with van der Waals surface area (Å²) in [6, 6.07) is 10.3. The van der Waals surface area contributed by atoms with Crippen LogP contribution in [0, 0.1) is 34.5 Å². The minimum absolute atomic E-state index is 0.413. The molecule has 5 nitrogen and oxygen atoms in total. The summed E-state index contributed by atoms with van der Waals surface area (Å²) in [6.45, 7) is 1.57. The van der Waals surface area contributed by atoms with Crippen molar-refractivity contribution in [2.24, 2.45) is 11.8 Å². The Morgan fingerprint density at radius 2 is 1.75 bits per heavy atom. The molecular weight excluding hydrogens is 278 g/mol. The molecule has 100 valence electrons. The summed E-state index contributed by atoms with van der Waals surface area (Å²) >= 11 is 5.93. The molecule has 1 aromatic carbocycles. The van der Waals surface area contributed by atoms with Crippen LogP contribution in [-0.4, -0.2) is 11.8 Å². The predicted molar refractivity (Wildman–Crippen MR) is 70.2 cm³/mol. The smallest absolute Gasteiger partial charge is 0.244 e. The van der Waals surface area contributed by atoms with Crippen molar-refractivity contribution < 1.29 is 9.59 Å². The summed E-state index contributed by atoms with van der Waals surface area (Å²) in [7, 11) is 0. The zero-order valence-corrected chi connectivity index (χ0v) is 11.3. The molecule has 1 heterocycles. The SMILES string of the molecule is CC1(c2cccc(Cl)c2)[C@H](C#N)C(=O)NC(=O)[C@H]1C#N. The molecule has 1 aliphatic rings. The molecule has 2 rings (SSSR count). The van der Waals surface area contributed by atoms with Crippen molar-refractivity contribution in [3.8, 4) is 12.1 Å². The molecule has 0 radical (unpaired) electrons. The van der Waals surface area contributed by atoms with E-state index in [1.807, 2.05) is 12.1 Å². The fraction of sp³-hybridized carbons (Fsp3) is 0.286. The monoisotopic (exact) mass is 287 g/mol. The molecule has 1 aromatic rings. The second-order valence-corrected chi connectivity index (χ2v) is 5.21. The number of carbonyl (C=O) groups excluding carboxylic acids is 2. The number of hydrogen-bond acceptors (Lipinski definition) is 4. The van der Waals surface area contributed by atoms with Gasteiger partial charge in [0.25, 0.3) is 0 Å². The van der Waals surface area contributed by atoms with Crippen LogP contribution in [-0.2, 0) is 15.0 Å². The lowest BCUT2D eigenvalue weighted by Crippen LogP contribution is -2.58. The minimum Gasteiger partial charge on any atom is -0.294 e. The Balaban J connectivity index is 2.68. The summed E-state index contributed by atoms with van der Waals surface area (Å²) in [6.07, 6.45) is 0. The van der Waals surface area contributed by atoms with E-state index >= 15 is 0 Å². The van der Waals surface area contributed by atoms with E-state index in [2.05, 4.69) is 5.32 Å². The molecule has 0 aromatic heterocycles. The normalized spacial score (nSPS) is 24.4. The molecule has 1 aliphatic heterocycles. The molecule has 6 heteroatoms. The highest BCUT2D eigenvalue weighted by Gasteiger charge is 2.54. The Hall–Kier alpha value is -2.37. The predicted octanol–water partition coefficient (Wildman–Crippen LogP) is 1.53. The number of imide groups is 1. The standard InChI is InChI=1S/C14H10ClN3O2/c1-14(8-3-2-4-9(15)5-8)10(6-16)12(19)18-13(20)11(14)7-17/h2-5,10-11H,1H3,(H,18,19,20)/t10-,11-/m1/s1. The third-order valence-corrected chi connectivity index (χ3v) is 3.91. The maximum atomic E-state index is 11.9. The summed E-state index contributed by atoms with van der Waals surface area (Å²) in [5.74, 6) is -3.65. The highest BCUT2D eigenvalue weighted by molar-refractivity contribution is 6.30. The van der Waals surface area contributed by atoms with Gasteiger partial charge in [-0.05, 0) is 17.7 Å². The number of halogens is 1. The molecule has 0 saturated carbocycles. The van der Waals surface area contributed by atoms with Gasteiger partial charge in [-0.25, -0.2) is 0 Å². The van der Waals surface area contributed by atoms with E-state index in [-0.39, 0.29) is 0 Å². The van der Waals surface area contributed by atoms with Crippen molar-refractivity contribution in [1.82, 2.24) is 5.32 Å². The number of carbonyl (C=O) groups is 2. The van der Waals surface area contributed by atoms with Crippen molar-refractivity contribution in [2.75, 3.05) is 0 Å². The Morgan fingerprint density at radius 3 is 2.20 bits per heavy atom. The molecule has 1 N–H and O–H groups in total. The van der Waals surface area contributed by atoms with Crippen LogP contribution in [0.3, 0.4) is 0 Å². The number of nitrogens with zero attached hydrogens (tertiary/aromatic N) is 2. The Labute approximate surface area is 120 Å². The van der Waals surface area contributed by atoms with Gasteiger partial charge in [0.1, 0.15) is 11.8 Å². The number of piperidine rings is 1. The van der Waals surface area contributed by atoms with E-state index in [4.69, 9.17) is 11.6 Å². The molecular formula is C14H10ClN3O2. The molecule has 20 heavy (non-hydrogen) atoms. The van der Waals surface area contributed by atoms with Crippen molar-refractivity contribution in [2.45, 2.75) is 12.3 Å². The molecule has 0 unspecified atom stereocenters. The van der Waals surface area contributed by atoms with E-state index in [9.17, 15) is 20.1 Å². The Bertz CT molecular complexity index is 640. The number of hydrogen-bond donors (Lipinski definition) is 1. The van der Waals surface area contributed by atoms with Gasteiger partial charge in [-0.15, -0.1) is 0 Å². The zero-order valence-electron chi connectivity index (χ0n) is 10.6. The molecule has 0 spiro atoms. The van der Waals surface area contributed by atoms with Gasteiger partial charge in [-0.1, -0.05) is 30.7 Å². The lowest BCUT2D eigenvalue weighted by molar-refractivity contribution is -0.140. The van der Waals surface area contributed by atoms with Gasteiger partial charge in [0.15, 0.2) is 0 Å². The molecule has 1 saturated heterocycles. The van der Waals surface area contributed by atoms with Crippen LogP contribution in [0.5, 0.6) is 0 Å². The van der Waals surface area contributed by atoms with Gasteiger partial charge < -0.3 is 0 Å². The Morgan fingerprint density at radius 1 is 1.20 bits per heavy atom. The number of benzene rings is 1. The highest BCUT2D eigenvalue weighted by Crippen LogP contribution is 2.42. The van der Waals surface area contributed by atoms with Gasteiger partial charge in [-0.2, -0.15) is 10.5 Å². The zero-order chi connectivity index (χ0) is 14.9. The van der Waals surface area contributed by atoms with E-state index in [0.717, 1.165) is 0 Å². The largest absolute Gasteiger partial charge is 0.294 e. The van der Waals surface area contributed by atoms with Crippen LogP contribution in [0.15, 0.2) is 24.3 Å². The first-order valence-corrected chi connectivity index (χ1v) is 6.23. The van der Waals surface area contributed by atoms with Gasteiger partial charge in [0.05, 0.1) is 12.1 Å². The fourth-order valence-electron chi connectivity index (χ4n) is 2.52. The number of nitriles is 2. The van der Waals surface area contributed by atoms with Crippen LogP contribution in [0.2, 0.25) is 5.02 Å². The first-order chi connectivity index (χ1) is 9.44. The van der Waals surface area contributed by atoms with E-state index in [1.165, 1.54) is 0 Å². The molecule has 2 atom stereocenters. The third-order valence-electron chi connectivity index (χ3n) is 3.67. The average molecular weight is 288 g/mol. The fourth-order valence-corrected chi connectivity index (χ4v) is 2.71. The van der Waals surface area contributed by atoms with Gasteiger partial charge in [0, 0.05) is 10.4 Å².